The Kier molecular flexibility index (Phi) is 4.35. The van der Waals surface area contributed by atoms with Gasteiger partial charge in [-0.15, -0.1) is 0 Å². The van der Waals surface area contributed by atoms with Gasteiger partial charge in [-0.1, -0.05) is 12.5 Å². The molecule has 1 aliphatic rings. The van der Waals surface area contributed by atoms with Crippen molar-refractivity contribution in [3.63, 3.8) is 0 Å². The second-order valence-corrected chi connectivity index (χ2v) is 5.35. The van der Waals surface area contributed by atoms with Crippen LogP contribution in [0.4, 0.5) is 4.39 Å². The number of hydrogen-bond donors (Lipinski definition) is 2. The number of aliphatic hydroxyl groups excluding tert-OH is 1. The molecule has 0 aliphatic heterocycles. The lowest BCUT2D eigenvalue weighted by Gasteiger charge is -2.19. The molecule has 1 fully saturated rings. The van der Waals surface area contributed by atoms with Crippen molar-refractivity contribution in [3.8, 4) is 0 Å². The van der Waals surface area contributed by atoms with E-state index in [4.69, 9.17) is 0 Å². The maximum absolute atomic E-state index is 13.3. The molecule has 1 saturated carbocycles. The summed E-state index contributed by atoms with van der Waals surface area (Å²) in [6.07, 6.45) is 2.79. The van der Waals surface area contributed by atoms with Crippen LogP contribution in [0, 0.1) is 11.7 Å². The van der Waals surface area contributed by atoms with E-state index in [0.29, 0.717) is 5.56 Å². The first-order valence-electron chi connectivity index (χ1n) is 5.99. The monoisotopic (exact) mass is 315 g/mol. The third-order valence-corrected chi connectivity index (χ3v) is 4.21. The maximum Gasteiger partial charge on any atom is 0.252 e. The number of rotatable bonds is 3. The number of nitrogens with one attached hydrogen (secondary N) is 1. The maximum atomic E-state index is 13.3. The number of aliphatic hydroxyl groups is 1. The van der Waals surface area contributed by atoms with E-state index in [1.165, 1.54) is 12.1 Å². The lowest BCUT2D eigenvalue weighted by molar-refractivity contribution is 0.0914. The Balaban J connectivity index is 2.10. The van der Waals surface area contributed by atoms with Gasteiger partial charge in [-0.05, 0) is 40.9 Å². The molecule has 98 valence electrons. The van der Waals surface area contributed by atoms with Gasteiger partial charge >= 0.3 is 0 Å². The molecule has 1 aromatic rings. The van der Waals surface area contributed by atoms with Crippen LogP contribution >= 0.6 is 15.9 Å². The summed E-state index contributed by atoms with van der Waals surface area (Å²) in [5.74, 6) is -0.638. The predicted octanol–water partition coefficient (Wildman–Crippen LogP) is 2.48. The van der Waals surface area contributed by atoms with Crippen molar-refractivity contribution in [2.45, 2.75) is 25.3 Å². The van der Waals surface area contributed by atoms with Crippen LogP contribution in [0.5, 0.6) is 0 Å². The Hall–Kier alpha value is -0.940. The number of benzene rings is 1. The van der Waals surface area contributed by atoms with E-state index in [2.05, 4.69) is 21.2 Å². The molecule has 0 bridgehead atoms. The minimum absolute atomic E-state index is 0.0160. The van der Waals surface area contributed by atoms with Gasteiger partial charge in [0.1, 0.15) is 5.82 Å². The lowest BCUT2D eigenvalue weighted by Crippen LogP contribution is -2.38. The first-order chi connectivity index (χ1) is 8.63. The third-order valence-electron chi connectivity index (χ3n) is 3.41. The van der Waals surface area contributed by atoms with Gasteiger partial charge in [0.05, 0.1) is 10.0 Å². The topological polar surface area (TPSA) is 49.3 Å². The second kappa shape index (κ2) is 5.80. The molecule has 2 atom stereocenters. The smallest absolute Gasteiger partial charge is 0.252 e. The van der Waals surface area contributed by atoms with E-state index in [1.54, 1.807) is 6.07 Å². The zero-order valence-electron chi connectivity index (χ0n) is 9.83. The zero-order valence-corrected chi connectivity index (χ0v) is 11.4. The van der Waals surface area contributed by atoms with Gasteiger partial charge in [0.2, 0.25) is 0 Å². The van der Waals surface area contributed by atoms with Crippen molar-refractivity contribution in [1.29, 1.82) is 0 Å². The van der Waals surface area contributed by atoms with E-state index in [0.717, 1.165) is 19.3 Å². The SMILES string of the molecule is O=C(NC1CCCC1CO)c1cccc(F)c1Br. The highest BCUT2D eigenvalue weighted by Gasteiger charge is 2.28. The van der Waals surface area contributed by atoms with Crippen LogP contribution in [-0.2, 0) is 0 Å². The molecule has 3 nitrogen and oxygen atoms in total. The minimum Gasteiger partial charge on any atom is -0.396 e. The highest BCUT2D eigenvalue weighted by molar-refractivity contribution is 9.10. The van der Waals surface area contributed by atoms with Crippen LogP contribution in [0.15, 0.2) is 22.7 Å². The van der Waals surface area contributed by atoms with Crippen LogP contribution in [0.2, 0.25) is 0 Å². The van der Waals surface area contributed by atoms with Crippen molar-refractivity contribution in [3.05, 3.63) is 34.1 Å². The largest absolute Gasteiger partial charge is 0.396 e. The van der Waals surface area contributed by atoms with Crippen molar-refractivity contribution in [2.75, 3.05) is 6.61 Å². The molecular weight excluding hydrogens is 301 g/mol. The van der Waals surface area contributed by atoms with E-state index in [-0.39, 0.29) is 28.9 Å². The Bertz CT molecular complexity index is 453. The van der Waals surface area contributed by atoms with E-state index >= 15 is 0 Å². The van der Waals surface area contributed by atoms with Gasteiger partial charge in [-0.25, -0.2) is 4.39 Å². The van der Waals surface area contributed by atoms with Crippen molar-refractivity contribution in [2.24, 2.45) is 5.92 Å². The Morgan fingerprint density at radius 1 is 1.50 bits per heavy atom. The first-order valence-corrected chi connectivity index (χ1v) is 6.78. The number of halogens is 2. The Labute approximate surface area is 114 Å². The fourth-order valence-electron chi connectivity index (χ4n) is 2.37. The molecule has 0 saturated heterocycles. The normalized spacial score (nSPS) is 23.1. The van der Waals surface area contributed by atoms with Crippen LogP contribution in [0.3, 0.4) is 0 Å². The lowest BCUT2D eigenvalue weighted by atomic mass is 10.0. The molecule has 2 unspecified atom stereocenters. The molecular formula is C13H15BrFNO2. The number of hydrogen-bond acceptors (Lipinski definition) is 2. The second-order valence-electron chi connectivity index (χ2n) is 4.55. The average molecular weight is 316 g/mol. The van der Waals surface area contributed by atoms with Gasteiger partial charge in [0.15, 0.2) is 0 Å². The summed E-state index contributed by atoms with van der Waals surface area (Å²) >= 11 is 3.08. The summed E-state index contributed by atoms with van der Waals surface area (Å²) < 4.78 is 13.5. The Morgan fingerprint density at radius 3 is 3.00 bits per heavy atom. The van der Waals surface area contributed by atoms with Crippen LogP contribution < -0.4 is 5.32 Å². The molecule has 1 aromatic carbocycles. The molecule has 1 amide bonds. The van der Waals surface area contributed by atoms with Gasteiger partial charge in [0.25, 0.3) is 5.91 Å². The minimum atomic E-state index is -0.451. The van der Waals surface area contributed by atoms with Crippen LogP contribution in [0.1, 0.15) is 29.6 Å². The van der Waals surface area contributed by atoms with Crippen molar-refractivity contribution < 1.29 is 14.3 Å². The van der Waals surface area contributed by atoms with Crippen LogP contribution in [0.25, 0.3) is 0 Å². The fourth-order valence-corrected chi connectivity index (χ4v) is 2.82. The first kappa shape index (κ1) is 13.5. The highest BCUT2D eigenvalue weighted by Crippen LogP contribution is 2.26. The van der Waals surface area contributed by atoms with Crippen molar-refractivity contribution >= 4 is 21.8 Å². The average Bonchev–Trinajstić information content (AvgIpc) is 2.79. The molecule has 18 heavy (non-hydrogen) atoms. The molecule has 5 heteroatoms. The van der Waals surface area contributed by atoms with E-state index in [1.807, 2.05) is 0 Å². The summed E-state index contributed by atoms with van der Waals surface area (Å²) in [6, 6.07) is 4.36. The summed E-state index contributed by atoms with van der Waals surface area (Å²) in [6.45, 7) is 0.0786. The van der Waals surface area contributed by atoms with Gasteiger partial charge in [-0.3, -0.25) is 4.79 Å². The van der Waals surface area contributed by atoms with Gasteiger partial charge in [-0.2, -0.15) is 0 Å². The van der Waals surface area contributed by atoms with Gasteiger partial charge in [0, 0.05) is 18.6 Å². The zero-order chi connectivity index (χ0) is 13.1. The molecule has 0 heterocycles. The third kappa shape index (κ3) is 2.72. The number of carbonyl (C=O) groups excluding carboxylic acids is 1. The quantitative estimate of drug-likeness (QED) is 0.900. The molecule has 0 radical (unpaired) electrons. The molecule has 2 rings (SSSR count). The van der Waals surface area contributed by atoms with E-state index in [9.17, 15) is 14.3 Å². The van der Waals surface area contributed by atoms with Crippen molar-refractivity contribution in [1.82, 2.24) is 5.32 Å². The summed E-state index contributed by atoms with van der Waals surface area (Å²) in [5, 5.41) is 12.1. The number of amides is 1. The Morgan fingerprint density at radius 2 is 2.28 bits per heavy atom. The molecule has 0 aromatic heterocycles. The molecule has 2 N–H and O–H groups in total. The fraction of sp³-hybridized carbons (Fsp3) is 0.462. The van der Waals surface area contributed by atoms with Crippen LogP contribution in [-0.4, -0.2) is 23.7 Å². The van der Waals surface area contributed by atoms with E-state index < -0.39 is 5.82 Å². The summed E-state index contributed by atoms with van der Waals surface area (Å²) in [5.41, 5.74) is 0.290. The summed E-state index contributed by atoms with van der Waals surface area (Å²) in [4.78, 5) is 12.0. The predicted molar refractivity (Wildman–Crippen MR) is 69.8 cm³/mol. The standard InChI is InChI=1S/C13H15BrFNO2/c14-12-9(4-2-5-10(12)15)13(18)16-11-6-1-3-8(11)7-17/h2,4-5,8,11,17H,1,3,6-7H2,(H,16,18). The highest BCUT2D eigenvalue weighted by atomic mass is 79.9. The summed E-state index contributed by atoms with van der Waals surface area (Å²) in [7, 11) is 0. The number of carbonyl (C=O) groups is 1. The molecule has 1 aliphatic carbocycles. The molecule has 0 spiro atoms. The van der Waals surface area contributed by atoms with Gasteiger partial charge < -0.3 is 10.4 Å².